The van der Waals surface area contributed by atoms with Gasteiger partial charge in [0, 0.05) is 6.20 Å². The lowest BCUT2D eigenvalue weighted by Crippen LogP contribution is -2.12. The second-order valence-electron chi connectivity index (χ2n) is 3.12. The van der Waals surface area contributed by atoms with E-state index in [9.17, 15) is 9.59 Å². The van der Waals surface area contributed by atoms with E-state index in [1.165, 1.54) is 18.0 Å². The van der Waals surface area contributed by atoms with E-state index in [1.807, 2.05) is 0 Å². The normalized spacial score (nSPS) is 9.94. The quantitative estimate of drug-likeness (QED) is 0.598. The SMILES string of the molecule is CCOC(=O)c1cn(N)c(C)c1C(=O)OC. The molecule has 0 saturated heterocycles. The Bertz CT molecular complexity index is 423. The summed E-state index contributed by atoms with van der Waals surface area (Å²) in [5.74, 6) is 4.37. The van der Waals surface area contributed by atoms with Gasteiger partial charge in [0.1, 0.15) is 0 Å². The van der Waals surface area contributed by atoms with Crippen molar-refractivity contribution in [1.82, 2.24) is 4.68 Å². The molecule has 0 unspecified atom stereocenters. The van der Waals surface area contributed by atoms with E-state index < -0.39 is 11.9 Å². The Hall–Kier alpha value is -1.98. The molecule has 0 fully saturated rings. The first-order valence-corrected chi connectivity index (χ1v) is 4.75. The lowest BCUT2D eigenvalue weighted by molar-refractivity contribution is 0.0505. The maximum atomic E-state index is 11.6. The van der Waals surface area contributed by atoms with Crippen LogP contribution in [0.4, 0.5) is 0 Å². The first kappa shape index (κ1) is 12.1. The number of hydrogen-bond donors (Lipinski definition) is 1. The van der Waals surface area contributed by atoms with Crippen LogP contribution in [0.5, 0.6) is 0 Å². The molecule has 88 valence electrons. The highest BCUT2D eigenvalue weighted by atomic mass is 16.5. The molecule has 0 aliphatic heterocycles. The van der Waals surface area contributed by atoms with Crippen LogP contribution in [-0.4, -0.2) is 30.3 Å². The molecule has 6 heteroatoms. The monoisotopic (exact) mass is 226 g/mol. The van der Waals surface area contributed by atoms with Crippen LogP contribution in [0.25, 0.3) is 0 Å². The number of rotatable bonds is 3. The largest absolute Gasteiger partial charge is 0.465 e. The molecular weight excluding hydrogens is 212 g/mol. The number of carbonyl (C=O) groups is 2. The maximum absolute atomic E-state index is 11.6. The third kappa shape index (κ3) is 2.00. The highest BCUT2D eigenvalue weighted by Crippen LogP contribution is 2.17. The van der Waals surface area contributed by atoms with Gasteiger partial charge in [-0.1, -0.05) is 0 Å². The van der Waals surface area contributed by atoms with Gasteiger partial charge in [-0.15, -0.1) is 0 Å². The van der Waals surface area contributed by atoms with Crippen LogP contribution < -0.4 is 5.84 Å². The fourth-order valence-corrected chi connectivity index (χ4v) is 1.35. The second kappa shape index (κ2) is 4.69. The fourth-order valence-electron chi connectivity index (χ4n) is 1.35. The van der Waals surface area contributed by atoms with Gasteiger partial charge in [-0.05, 0) is 13.8 Å². The minimum absolute atomic E-state index is 0.119. The molecule has 2 N–H and O–H groups in total. The standard InChI is InChI=1S/C10H14N2O4/c1-4-16-9(13)7-5-12(11)6(2)8(7)10(14)15-3/h5H,4,11H2,1-3H3. The van der Waals surface area contributed by atoms with Gasteiger partial charge >= 0.3 is 11.9 Å². The molecule has 0 atom stereocenters. The van der Waals surface area contributed by atoms with E-state index in [1.54, 1.807) is 13.8 Å². The first-order valence-electron chi connectivity index (χ1n) is 4.75. The van der Waals surface area contributed by atoms with Gasteiger partial charge in [0.05, 0.1) is 30.5 Å². The molecule has 6 nitrogen and oxygen atoms in total. The molecule has 1 rings (SSSR count). The van der Waals surface area contributed by atoms with E-state index in [-0.39, 0.29) is 17.7 Å². The van der Waals surface area contributed by atoms with Crippen LogP contribution in [0.15, 0.2) is 6.20 Å². The summed E-state index contributed by atoms with van der Waals surface area (Å²) < 4.78 is 10.6. The Morgan fingerprint density at radius 2 is 2.06 bits per heavy atom. The molecule has 1 aromatic heterocycles. The number of ether oxygens (including phenoxy) is 2. The number of nitrogens with zero attached hydrogens (tertiary/aromatic N) is 1. The van der Waals surface area contributed by atoms with Crippen molar-refractivity contribution in [3.05, 3.63) is 23.0 Å². The average molecular weight is 226 g/mol. The smallest absolute Gasteiger partial charge is 0.340 e. The minimum atomic E-state index is -0.607. The Balaban J connectivity index is 3.23. The Labute approximate surface area is 92.9 Å². The Morgan fingerprint density at radius 3 is 2.56 bits per heavy atom. The third-order valence-electron chi connectivity index (χ3n) is 2.17. The number of hydrogen-bond acceptors (Lipinski definition) is 5. The summed E-state index contributed by atoms with van der Waals surface area (Å²) in [5.41, 5.74) is 0.715. The van der Waals surface area contributed by atoms with Crippen molar-refractivity contribution >= 4 is 11.9 Å². The first-order chi connectivity index (χ1) is 7.52. The lowest BCUT2D eigenvalue weighted by atomic mass is 10.1. The van der Waals surface area contributed by atoms with Crippen LogP contribution >= 0.6 is 0 Å². The summed E-state index contributed by atoms with van der Waals surface area (Å²) in [7, 11) is 1.24. The molecule has 0 amide bonds. The molecule has 0 radical (unpaired) electrons. The minimum Gasteiger partial charge on any atom is -0.465 e. The summed E-state index contributed by atoms with van der Waals surface area (Å²) in [4.78, 5) is 23.0. The predicted molar refractivity (Wildman–Crippen MR) is 56.6 cm³/mol. The molecule has 0 aromatic carbocycles. The van der Waals surface area contributed by atoms with Crippen LogP contribution in [0.1, 0.15) is 33.3 Å². The molecule has 0 aliphatic rings. The number of nitrogen functional groups attached to an aromatic ring is 1. The summed E-state index contributed by atoms with van der Waals surface area (Å²) in [5, 5.41) is 0. The topological polar surface area (TPSA) is 83.5 Å². The fraction of sp³-hybridized carbons (Fsp3) is 0.400. The summed E-state index contributed by atoms with van der Waals surface area (Å²) >= 11 is 0. The van der Waals surface area contributed by atoms with Crippen molar-refractivity contribution in [3.63, 3.8) is 0 Å². The van der Waals surface area contributed by atoms with E-state index >= 15 is 0 Å². The number of methoxy groups -OCH3 is 1. The molecule has 0 bridgehead atoms. The van der Waals surface area contributed by atoms with Crippen LogP contribution in [0.3, 0.4) is 0 Å². The van der Waals surface area contributed by atoms with E-state index in [2.05, 4.69) is 4.74 Å². The van der Waals surface area contributed by atoms with E-state index in [0.29, 0.717) is 5.69 Å². The van der Waals surface area contributed by atoms with Crippen molar-refractivity contribution in [2.45, 2.75) is 13.8 Å². The second-order valence-corrected chi connectivity index (χ2v) is 3.12. The molecule has 1 aromatic rings. The molecule has 16 heavy (non-hydrogen) atoms. The van der Waals surface area contributed by atoms with Crippen molar-refractivity contribution in [2.24, 2.45) is 0 Å². The summed E-state index contributed by atoms with van der Waals surface area (Å²) in [6.07, 6.45) is 1.35. The highest BCUT2D eigenvalue weighted by Gasteiger charge is 2.24. The lowest BCUT2D eigenvalue weighted by Gasteiger charge is -2.03. The van der Waals surface area contributed by atoms with Gasteiger partial charge in [-0.3, -0.25) is 4.68 Å². The van der Waals surface area contributed by atoms with Gasteiger partial charge in [0.2, 0.25) is 0 Å². The van der Waals surface area contributed by atoms with Crippen molar-refractivity contribution in [2.75, 3.05) is 19.6 Å². The molecule has 0 spiro atoms. The third-order valence-corrected chi connectivity index (χ3v) is 2.17. The van der Waals surface area contributed by atoms with Crippen molar-refractivity contribution < 1.29 is 19.1 Å². The maximum Gasteiger partial charge on any atom is 0.340 e. The number of carbonyl (C=O) groups excluding carboxylic acids is 2. The summed E-state index contributed by atoms with van der Waals surface area (Å²) in [6.45, 7) is 3.53. The summed E-state index contributed by atoms with van der Waals surface area (Å²) in [6, 6.07) is 0. The Morgan fingerprint density at radius 1 is 1.44 bits per heavy atom. The zero-order valence-electron chi connectivity index (χ0n) is 9.44. The average Bonchev–Trinajstić information content (AvgIpc) is 2.55. The van der Waals surface area contributed by atoms with Crippen molar-refractivity contribution in [1.29, 1.82) is 0 Å². The molecule has 1 heterocycles. The van der Waals surface area contributed by atoms with Crippen LogP contribution in [-0.2, 0) is 9.47 Å². The van der Waals surface area contributed by atoms with Gasteiger partial charge in [0.25, 0.3) is 0 Å². The number of esters is 2. The molecule has 0 saturated carbocycles. The number of nitrogens with two attached hydrogens (primary N) is 1. The predicted octanol–water partition coefficient (Wildman–Crippen LogP) is 0.474. The molecule has 0 aliphatic carbocycles. The van der Waals surface area contributed by atoms with Gasteiger partial charge in [0.15, 0.2) is 0 Å². The van der Waals surface area contributed by atoms with E-state index in [0.717, 1.165) is 0 Å². The number of aromatic nitrogens is 1. The van der Waals surface area contributed by atoms with Gasteiger partial charge in [-0.2, -0.15) is 0 Å². The van der Waals surface area contributed by atoms with E-state index in [4.69, 9.17) is 10.6 Å². The van der Waals surface area contributed by atoms with Gasteiger partial charge in [-0.25, -0.2) is 9.59 Å². The highest BCUT2D eigenvalue weighted by molar-refractivity contribution is 6.04. The van der Waals surface area contributed by atoms with Crippen LogP contribution in [0, 0.1) is 6.92 Å². The molecular formula is C10H14N2O4. The zero-order chi connectivity index (χ0) is 12.3. The van der Waals surface area contributed by atoms with Crippen molar-refractivity contribution in [3.8, 4) is 0 Å². The Kier molecular flexibility index (Phi) is 3.55. The van der Waals surface area contributed by atoms with Crippen LogP contribution in [0.2, 0.25) is 0 Å². The zero-order valence-corrected chi connectivity index (χ0v) is 9.44. The van der Waals surface area contributed by atoms with Gasteiger partial charge < -0.3 is 15.3 Å².